The van der Waals surface area contributed by atoms with Crippen LogP contribution in [-0.2, 0) is 0 Å². The molecule has 0 aromatic heterocycles. The first-order valence-electron chi connectivity index (χ1n) is 4.64. The van der Waals surface area contributed by atoms with Crippen molar-refractivity contribution in [3.8, 4) is 0 Å². The number of rotatable bonds is 3. The quantitative estimate of drug-likeness (QED) is 0.750. The summed E-state index contributed by atoms with van der Waals surface area (Å²) >= 11 is 0. The van der Waals surface area contributed by atoms with E-state index in [0.717, 1.165) is 12.0 Å². The largest absolute Gasteiger partial charge is 0.392 e. The molecule has 13 heavy (non-hydrogen) atoms. The minimum atomic E-state index is 0.151. The lowest BCUT2D eigenvalue weighted by molar-refractivity contribution is 0.332. The Kier molecular flexibility index (Phi) is 3.71. The summed E-state index contributed by atoms with van der Waals surface area (Å²) in [5, 5.41) is 9.04. The maximum absolute atomic E-state index is 9.04. The zero-order chi connectivity index (χ0) is 9.68. The van der Waals surface area contributed by atoms with Crippen LogP contribution in [0.25, 0.3) is 5.57 Å². The highest BCUT2D eigenvalue weighted by molar-refractivity contribution is 5.68. The summed E-state index contributed by atoms with van der Waals surface area (Å²) in [5.41, 5.74) is 3.54. The molecule has 0 saturated heterocycles. The monoisotopic (exact) mass is 176 g/mol. The molecular weight excluding hydrogens is 160 g/mol. The van der Waals surface area contributed by atoms with Gasteiger partial charge in [-0.25, -0.2) is 0 Å². The van der Waals surface area contributed by atoms with E-state index in [1.54, 1.807) is 0 Å². The van der Waals surface area contributed by atoms with E-state index in [1.807, 2.05) is 25.1 Å². The van der Waals surface area contributed by atoms with Gasteiger partial charge in [-0.2, -0.15) is 0 Å². The predicted octanol–water partition coefficient (Wildman–Crippen LogP) is 2.86. The van der Waals surface area contributed by atoms with Crippen molar-refractivity contribution in [2.75, 3.05) is 6.61 Å². The summed E-state index contributed by atoms with van der Waals surface area (Å²) in [5.74, 6) is 0. The zero-order valence-electron chi connectivity index (χ0n) is 8.25. The first-order valence-corrected chi connectivity index (χ1v) is 4.64. The number of aliphatic hydroxyl groups excluding tert-OH is 1. The lowest BCUT2D eigenvalue weighted by Crippen LogP contribution is -1.92. The molecule has 0 spiro atoms. The maximum atomic E-state index is 9.04. The predicted molar refractivity (Wildman–Crippen MR) is 56.4 cm³/mol. The maximum Gasteiger partial charge on any atom is 0.0644 e. The van der Waals surface area contributed by atoms with Crippen LogP contribution >= 0.6 is 0 Å². The highest BCUT2D eigenvalue weighted by atomic mass is 16.3. The van der Waals surface area contributed by atoms with E-state index in [1.165, 1.54) is 11.1 Å². The Morgan fingerprint density at radius 1 is 1.23 bits per heavy atom. The average Bonchev–Trinajstić information content (AvgIpc) is 2.20. The summed E-state index contributed by atoms with van der Waals surface area (Å²) in [4.78, 5) is 0. The summed E-state index contributed by atoms with van der Waals surface area (Å²) < 4.78 is 0. The molecule has 0 heterocycles. The Hall–Kier alpha value is -1.08. The van der Waals surface area contributed by atoms with Crippen molar-refractivity contribution in [3.05, 3.63) is 41.5 Å². The highest BCUT2D eigenvalue weighted by Crippen LogP contribution is 2.21. The highest BCUT2D eigenvalue weighted by Gasteiger charge is 2.01. The number of hydrogen-bond acceptors (Lipinski definition) is 1. The van der Waals surface area contributed by atoms with Crippen LogP contribution in [0.2, 0.25) is 0 Å². The fraction of sp³-hybridized carbons (Fsp3) is 0.333. The van der Waals surface area contributed by atoms with E-state index in [2.05, 4.69) is 19.1 Å². The van der Waals surface area contributed by atoms with Gasteiger partial charge in [0.15, 0.2) is 0 Å². The van der Waals surface area contributed by atoms with Crippen LogP contribution in [0.15, 0.2) is 35.9 Å². The van der Waals surface area contributed by atoms with Crippen molar-refractivity contribution < 1.29 is 5.11 Å². The molecule has 1 nitrogen and oxygen atoms in total. The smallest absolute Gasteiger partial charge is 0.0644 e. The van der Waals surface area contributed by atoms with Crippen LogP contribution in [0, 0.1) is 0 Å². The van der Waals surface area contributed by atoms with Gasteiger partial charge in [0, 0.05) is 0 Å². The summed E-state index contributed by atoms with van der Waals surface area (Å²) in [6.07, 6.45) is 0.969. The van der Waals surface area contributed by atoms with Crippen LogP contribution in [-0.4, -0.2) is 11.7 Å². The third-order valence-corrected chi connectivity index (χ3v) is 2.23. The standard InChI is InChI=1S/C12H16O/c1-3-12(10(2)9-13)11-7-5-4-6-8-11/h4-8,13H,3,9H2,1-2H3/b12-10+. The van der Waals surface area contributed by atoms with Gasteiger partial charge in [0.05, 0.1) is 6.61 Å². The Morgan fingerprint density at radius 2 is 1.85 bits per heavy atom. The molecule has 1 N–H and O–H groups in total. The molecular formula is C12H16O. The molecule has 0 amide bonds. The molecule has 0 aliphatic carbocycles. The third-order valence-electron chi connectivity index (χ3n) is 2.23. The van der Waals surface area contributed by atoms with Gasteiger partial charge in [0.25, 0.3) is 0 Å². The van der Waals surface area contributed by atoms with E-state index in [0.29, 0.717) is 0 Å². The number of allylic oxidation sites excluding steroid dienone is 1. The Labute approximate surface area is 79.7 Å². The van der Waals surface area contributed by atoms with Crippen molar-refractivity contribution in [1.29, 1.82) is 0 Å². The molecule has 0 aliphatic rings. The van der Waals surface area contributed by atoms with Crippen molar-refractivity contribution in [2.24, 2.45) is 0 Å². The summed E-state index contributed by atoms with van der Waals surface area (Å²) in [6, 6.07) is 10.2. The number of benzene rings is 1. The molecule has 0 aliphatic heterocycles. The van der Waals surface area contributed by atoms with Crippen molar-refractivity contribution in [1.82, 2.24) is 0 Å². The van der Waals surface area contributed by atoms with E-state index < -0.39 is 0 Å². The van der Waals surface area contributed by atoms with Gasteiger partial charge in [-0.05, 0) is 30.1 Å². The SMILES string of the molecule is CC/C(=C(/C)CO)c1ccccc1. The van der Waals surface area contributed by atoms with Crippen LogP contribution in [0.5, 0.6) is 0 Å². The topological polar surface area (TPSA) is 20.2 Å². The average molecular weight is 176 g/mol. The molecule has 0 fully saturated rings. The van der Waals surface area contributed by atoms with Crippen LogP contribution < -0.4 is 0 Å². The molecule has 1 rings (SSSR count). The summed E-state index contributed by atoms with van der Waals surface area (Å²) in [7, 11) is 0. The minimum Gasteiger partial charge on any atom is -0.392 e. The molecule has 1 aromatic carbocycles. The zero-order valence-corrected chi connectivity index (χ0v) is 8.25. The van der Waals surface area contributed by atoms with Crippen molar-refractivity contribution in [3.63, 3.8) is 0 Å². The van der Waals surface area contributed by atoms with Gasteiger partial charge in [0.1, 0.15) is 0 Å². The fourth-order valence-electron chi connectivity index (χ4n) is 1.49. The molecule has 0 bridgehead atoms. The second kappa shape index (κ2) is 4.83. The van der Waals surface area contributed by atoms with Crippen LogP contribution in [0.4, 0.5) is 0 Å². The van der Waals surface area contributed by atoms with Gasteiger partial charge < -0.3 is 5.11 Å². The normalized spacial score (nSPS) is 12.5. The van der Waals surface area contributed by atoms with E-state index in [-0.39, 0.29) is 6.61 Å². The number of hydrogen-bond donors (Lipinski definition) is 1. The van der Waals surface area contributed by atoms with Gasteiger partial charge in [-0.3, -0.25) is 0 Å². The van der Waals surface area contributed by atoms with E-state index >= 15 is 0 Å². The molecule has 0 unspecified atom stereocenters. The van der Waals surface area contributed by atoms with Crippen LogP contribution in [0.3, 0.4) is 0 Å². The van der Waals surface area contributed by atoms with E-state index in [9.17, 15) is 0 Å². The Morgan fingerprint density at radius 3 is 2.31 bits per heavy atom. The lowest BCUT2D eigenvalue weighted by Gasteiger charge is -2.08. The molecule has 0 saturated carbocycles. The van der Waals surface area contributed by atoms with E-state index in [4.69, 9.17) is 5.11 Å². The molecule has 70 valence electrons. The van der Waals surface area contributed by atoms with Gasteiger partial charge in [-0.1, -0.05) is 37.3 Å². The van der Waals surface area contributed by atoms with Crippen molar-refractivity contribution in [2.45, 2.75) is 20.3 Å². The van der Waals surface area contributed by atoms with Crippen LogP contribution in [0.1, 0.15) is 25.8 Å². The third kappa shape index (κ3) is 2.43. The lowest BCUT2D eigenvalue weighted by atomic mass is 9.99. The second-order valence-corrected chi connectivity index (χ2v) is 3.14. The Balaban J connectivity index is 3.05. The minimum absolute atomic E-state index is 0.151. The molecule has 1 heteroatoms. The molecule has 1 aromatic rings. The van der Waals surface area contributed by atoms with Crippen molar-refractivity contribution >= 4 is 5.57 Å². The van der Waals surface area contributed by atoms with Gasteiger partial charge >= 0.3 is 0 Å². The molecule has 0 atom stereocenters. The first-order chi connectivity index (χ1) is 6.29. The summed E-state index contributed by atoms with van der Waals surface area (Å²) in [6.45, 7) is 4.24. The van der Waals surface area contributed by atoms with Gasteiger partial charge in [-0.15, -0.1) is 0 Å². The number of aliphatic hydroxyl groups is 1. The first kappa shape index (κ1) is 10.0. The Bertz CT molecular complexity index is 285. The van der Waals surface area contributed by atoms with Gasteiger partial charge in [0.2, 0.25) is 0 Å². The fourth-order valence-corrected chi connectivity index (χ4v) is 1.49. The second-order valence-electron chi connectivity index (χ2n) is 3.14. The molecule has 0 radical (unpaired) electrons.